The predicted octanol–water partition coefficient (Wildman–Crippen LogP) is 3.99. The van der Waals surface area contributed by atoms with Crippen LogP contribution in [0.5, 0.6) is 5.75 Å². The van der Waals surface area contributed by atoms with Gasteiger partial charge in [-0.2, -0.15) is 0 Å². The van der Waals surface area contributed by atoms with Crippen molar-refractivity contribution < 1.29 is 23.9 Å². The fraction of sp³-hybridized carbons (Fsp3) is 0.400. The standard InChI is InChI=1S/C25H29NO5/c1-5-17-8-7-9-18(6-2)23(17)26-15-20(14-22(26)27)25(29)31-16(3)24(28)19-10-12-21(30-4)13-11-19/h7-13,16,20H,5-6,14-15H2,1-4H3/t16-,20-/m0/s1. The Labute approximate surface area is 183 Å². The zero-order valence-corrected chi connectivity index (χ0v) is 18.5. The summed E-state index contributed by atoms with van der Waals surface area (Å²) in [7, 11) is 1.55. The van der Waals surface area contributed by atoms with Crippen molar-refractivity contribution in [3.63, 3.8) is 0 Å². The molecule has 0 radical (unpaired) electrons. The molecule has 0 bridgehead atoms. The first kappa shape index (κ1) is 22.5. The van der Waals surface area contributed by atoms with E-state index in [2.05, 4.69) is 13.8 Å². The Morgan fingerprint density at radius 2 is 1.68 bits per heavy atom. The van der Waals surface area contributed by atoms with Crippen molar-refractivity contribution in [1.82, 2.24) is 0 Å². The zero-order valence-electron chi connectivity index (χ0n) is 18.5. The molecule has 0 aliphatic carbocycles. The van der Waals surface area contributed by atoms with Gasteiger partial charge in [-0.05, 0) is 55.2 Å². The highest BCUT2D eigenvalue weighted by atomic mass is 16.5. The van der Waals surface area contributed by atoms with Gasteiger partial charge >= 0.3 is 5.97 Å². The van der Waals surface area contributed by atoms with Crippen LogP contribution in [0.2, 0.25) is 0 Å². The molecule has 1 amide bonds. The van der Waals surface area contributed by atoms with E-state index in [0.717, 1.165) is 29.7 Å². The van der Waals surface area contributed by atoms with Crippen molar-refractivity contribution >= 4 is 23.3 Å². The fourth-order valence-electron chi connectivity index (χ4n) is 3.96. The zero-order chi connectivity index (χ0) is 22.5. The van der Waals surface area contributed by atoms with Crippen LogP contribution in [0.4, 0.5) is 5.69 Å². The molecule has 31 heavy (non-hydrogen) atoms. The maximum Gasteiger partial charge on any atom is 0.312 e. The first-order chi connectivity index (χ1) is 14.9. The lowest BCUT2D eigenvalue weighted by Crippen LogP contribution is -2.31. The van der Waals surface area contributed by atoms with Crippen molar-refractivity contribution in [2.45, 2.75) is 46.1 Å². The first-order valence-electron chi connectivity index (χ1n) is 10.7. The van der Waals surface area contributed by atoms with Crippen LogP contribution in [-0.4, -0.2) is 37.4 Å². The molecule has 2 atom stereocenters. The van der Waals surface area contributed by atoms with Crippen molar-refractivity contribution in [2.75, 3.05) is 18.6 Å². The smallest absolute Gasteiger partial charge is 0.312 e. The molecular formula is C25H29NO5. The lowest BCUT2D eigenvalue weighted by molar-refractivity contribution is -0.151. The lowest BCUT2D eigenvalue weighted by Gasteiger charge is -2.23. The van der Waals surface area contributed by atoms with Crippen molar-refractivity contribution in [3.8, 4) is 5.75 Å². The maximum absolute atomic E-state index is 12.8. The third kappa shape index (κ3) is 4.79. The molecule has 1 saturated heterocycles. The first-order valence-corrected chi connectivity index (χ1v) is 10.7. The molecular weight excluding hydrogens is 394 g/mol. The fourth-order valence-corrected chi connectivity index (χ4v) is 3.96. The van der Waals surface area contributed by atoms with E-state index in [0.29, 0.717) is 11.3 Å². The van der Waals surface area contributed by atoms with Gasteiger partial charge in [0.1, 0.15) is 5.75 Å². The molecule has 0 spiro atoms. The van der Waals surface area contributed by atoms with Gasteiger partial charge in [0.25, 0.3) is 0 Å². The number of ketones is 1. The molecule has 0 N–H and O–H groups in total. The number of hydrogen-bond acceptors (Lipinski definition) is 5. The summed E-state index contributed by atoms with van der Waals surface area (Å²) >= 11 is 0. The molecule has 0 aromatic heterocycles. The van der Waals surface area contributed by atoms with E-state index in [9.17, 15) is 14.4 Å². The highest BCUT2D eigenvalue weighted by molar-refractivity contribution is 6.02. The minimum atomic E-state index is -0.931. The molecule has 6 heteroatoms. The van der Waals surface area contributed by atoms with E-state index in [1.165, 1.54) is 0 Å². The van der Waals surface area contributed by atoms with Crippen molar-refractivity contribution in [2.24, 2.45) is 5.92 Å². The molecule has 6 nitrogen and oxygen atoms in total. The van der Waals surface area contributed by atoms with E-state index >= 15 is 0 Å². The van der Waals surface area contributed by atoms with Gasteiger partial charge in [0.15, 0.2) is 6.10 Å². The number of rotatable bonds is 8. The van der Waals surface area contributed by atoms with Gasteiger partial charge < -0.3 is 14.4 Å². The number of para-hydroxylation sites is 1. The molecule has 2 aromatic rings. The highest BCUT2D eigenvalue weighted by Crippen LogP contribution is 2.33. The number of methoxy groups -OCH3 is 1. The Kier molecular flexibility index (Phi) is 7.10. The van der Waals surface area contributed by atoms with E-state index in [1.807, 2.05) is 18.2 Å². The summed E-state index contributed by atoms with van der Waals surface area (Å²) in [5.41, 5.74) is 3.53. The number of aryl methyl sites for hydroxylation is 2. The molecule has 3 rings (SSSR count). The number of nitrogens with zero attached hydrogens (tertiary/aromatic N) is 1. The van der Waals surface area contributed by atoms with Crippen molar-refractivity contribution in [3.05, 3.63) is 59.2 Å². The minimum Gasteiger partial charge on any atom is -0.497 e. The third-order valence-corrected chi connectivity index (χ3v) is 5.73. The number of carbonyl (C=O) groups excluding carboxylic acids is 3. The van der Waals surface area contributed by atoms with Crippen LogP contribution < -0.4 is 9.64 Å². The number of ether oxygens (including phenoxy) is 2. The summed E-state index contributed by atoms with van der Waals surface area (Å²) in [4.78, 5) is 39.8. The van der Waals surface area contributed by atoms with Gasteiger partial charge in [-0.15, -0.1) is 0 Å². The Bertz CT molecular complexity index is 944. The third-order valence-electron chi connectivity index (χ3n) is 5.73. The summed E-state index contributed by atoms with van der Waals surface area (Å²) in [6.45, 7) is 5.93. The number of amides is 1. The van der Waals surface area contributed by atoms with Crippen LogP contribution in [0.25, 0.3) is 0 Å². The summed E-state index contributed by atoms with van der Waals surface area (Å²) < 4.78 is 10.6. The average Bonchev–Trinajstić information content (AvgIpc) is 3.19. The van der Waals surface area contributed by atoms with Crippen LogP contribution >= 0.6 is 0 Å². The number of carbonyl (C=O) groups is 3. The van der Waals surface area contributed by atoms with Gasteiger partial charge in [-0.3, -0.25) is 14.4 Å². The van der Waals surface area contributed by atoms with Crippen LogP contribution in [0.1, 0.15) is 48.7 Å². The van der Waals surface area contributed by atoms with Gasteiger partial charge in [0.05, 0.1) is 13.0 Å². The largest absolute Gasteiger partial charge is 0.497 e. The average molecular weight is 424 g/mol. The quantitative estimate of drug-likeness (QED) is 0.474. The van der Waals surface area contributed by atoms with Gasteiger partial charge in [0.2, 0.25) is 11.7 Å². The minimum absolute atomic E-state index is 0.0868. The van der Waals surface area contributed by atoms with Crippen LogP contribution in [-0.2, 0) is 27.2 Å². The molecule has 1 aliphatic heterocycles. The molecule has 1 aliphatic rings. The van der Waals surface area contributed by atoms with E-state index in [4.69, 9.17) is 9.47 Å². The van der Waals surface area contributed by atoms with Crippen LogP contribution in [0.3, 0.4) is 0 Å². The van der Waals surface area contributed by atoms with E-state index < -0.39 is 18.0 Å². The normalized spacial score (nSPS) is 16.8. The Balaban J connectivity index is 1.70. The Hall–Kier alpha value is -3.15. The molecule has 1 fully saturated rings. The predicted molar refractivity (Wildman–Crippen MR) is 119 cm³/mol. The second-order valence-electron chi connectivity index (χ2n) is 7.71. The molecule has 2 aromatic carbocycles. The SMILES string of the molecule is CCc1cccc(CC)c1N1C[C@@H](C(=O)O[C@@H](C)C(=O)c2ccc(OC)cc2)CC1=O. The summed E-state index contributed by atoms with van der Waals surface area (Å²) in [6.07, 6.45) is 0.758. The van der Waals surface area contributed by atoms with Crippen LogP contribution in [0.15, 0.2) is 42.5 Å². The maximum atomic E-state index is 12.8. The van der Waals surface area contributed by atoms with Gasteiger partial charge in [-0.25, -0.2) is 0 Å². The van der Waals surface area contributed by atoms with Crippen LogP contribution in [0, 0.1) is 5.92 Å². The van der Waals surface area contributed by atoms with E-state index in [1.54, 1.807) is 43.2 Å². The van der Waals surface area contributed by atoms with Gasteiger partial charge in [0, 0.05) is 24.2 Å². The molecule has 164 valence electrons. The topological polar surface area (TPSA) is 72.9 Å². The number of hydrogen-bond donors (Lipinski definition) is 0. The summed E-state index contributed by atoms with van der Waals surface area (Å²) in [6, 6.07) is 12.7. The Morgan fingerprint density at radius 1 is 1.06 bits per heavy atom. The number of anilines is 1. The number of esters is 1. The second kappa shape index (κ2) is 9.77. The summed E-state index contributed by atoms with van der Waals surface area (Å²) in [5, 5.41) is 0. The Morgan fingerprint density at radius 3 is 2.23 bits per heavy atom. The lowest BCUT2D eigenvalue weighted by atomic mass is 10.0. The molecule has 1 heterocycles. The second-order valence-corrected chi connectivity index (χ2v) is 7.71. The van der Waals surface area contributed by atoms with Gasteiger partial charge in [-0.1, -0.05) is 32.0 Å². The monoisotopic (exact) mass is 423 g/mol. The van der Waals surface area contributed by atoms with Crippen molar-refractivity contribution in [1.29, 1.82) is 0 Å². The molecule has 0 unspecified atom stereocenters. The summed E-state index contributed by atoms with van der Waals surface area (Å²) in [5.74, 6) is -0.844. The molecule has 0 saturated carbocycles. The number of benzene rings is 2. The number of Topliss-reactive ketones (excluding diaryl/α,β-unsaturated/α-hetero) is 1. The van der Waals surface area contributed by atoms with E-state index in [-0.39, 0.29) is 24.7 Å². The highest BCUT2D eigenvalue weighted by Gasteiger charge is 2.38.